The molecule has 2 aliphatic rings. The largest absolute Gasteiger partial charge is 0.454 e. The second kappa shape index (κ2) is 8.54. The summed E-state index contributed by atoms with van der Waals surface area (Å²) in [5.41, 5.74) is 6.32. The number of alkyl halides is 2. The van der Waals surface area contributed by atoms with Crippen LogP contribution in [-0.2, 0) is 6.54 Å². The van der Waals surface area contributed by atoms with Crippen molar-refractivity contribution in [1.29, 1.82) is 0 Å². The third-order valence-corrected chi connectivity index (χ3v) is 3.90. The number of hydrogen-bond acceptors (Lipinski definition) is 4. The van der Waals surface area contributed by atoms with Crippen molar-refractivity contribution in [3.8, 4) is 17.2 Å². The first-order valence-corrected chi connectivity index (χ1v) is 7.55. The fraction of sp³-hybridized carbons (Fsp3) is 0.533. The van der Waals surface area contributed by atoms with Crippen LogP contribution < -0.4 is 25.3 Å². The standard InChI is InChI=1S/C15H19F2N3O3.HI/c16-14(17)23-11-6-13-12(21-8-22-13)5-9(11)7-19-15(18)20-10-3-1-2-4-10;/h5-6,10,14H,1-4,7-8H2,(H3,18,19,20);1H. The van der Waals surface area contributed by atoms with Crippen LogP contribution in [0.25, 0.3) is 0 Å². The molecule has 134 valence electrons. The number of nitrogens with one attached hydrogen (secondary N) is 1. The molecule has 0 radical (unpaired) electrons. The molecule has 1 saturated carbocycles. The Morgan fingerprint density at radius 1 is 1.29 bits per heavy atom. The van der Waals surface area contributed by atoms with Crippen LogP contribution in [0.4, 0.5) is 8.78 Å². The second-order valence-electron chi connectivity index (χ2n) is 5.52. The van der Waals surface area contributed by atoms with Gasteiger partial charge in [0.05, 0.1) is 6.54 Å². The maximum Gasteiger partial charge on any atom is 0.387 e. The van der Waals surface area contributed by atoms with Crippen LogP contribution in [0.1, 0.15) is 31.2 Å². The van der Waals surface area contributed by atoms with Crippen molar-refractivity contribution in [3.05, 3.63) is 17.7 Å². The van der Waals surface area contributed by atoms with Gasteiger partial charge in [0, 0.05) is 17.7 Å². The Bertz CT molecular complexity index is 596. The molecule has 1 aliphatic carbocycles. The van der Waals surface area contributed by atoms with E-state index >= 15 is 0 Å². The van der Waals surface area contributed by atoms with E-state index in [0.29, 0.717) is 29.1 Å². The second-order valence-corrected chi connectivity index (χ2v) is 5.52. The Morgan fingerprint density at radius 3 is 2.62 bits per heavy atom. The summed E-state index contributed by atoms with van der Waals surface area (Å²) in [5.74, 6) is 1.18. The first-order valence-electron chi connectivity index (χ1n) is 7.55. The summed E-state index contributed by atoms with van der Waals surface area (Å²) in [6.45, 7) is -2.75. The predicted octanol–water partition coefficient (Wildman–Crippen LogP) is 2.98. The zero-order valence-electron chi connectivity index (χ0n) is 13.0. The first-order chi connectivity index (χ1) is 11.1. The third kappa shape index (κ3) is 4.74. The molecule has 1 aliphatic heterocycles. The number of rotatable bonds is 5. The molecule has 0 aromatic heterocycles. The normalized spacial score (nSPS) is 17.0. The lowest BCUT2D eigenvalue weighted by Gasteiger charge is -2.13. The highest BCUT2D eigenvalue weighted by atomic mass is 127. The van der Waals surface area contributed by atoms with Crippen LogP contribution >= 0.6 is 24.0 Å². The lowest BCUT2D eigenvalue weighted by atomic mass is 10.1. The number of guanidine groups is 1. The van der Waals surface area contributed by atoms with Crippen molar-refractivity contribution < 1.29 is 23.0 Å². The van der Waals surface area contributed by atoms with Gasteiger partial charge in [-0.1, -0.05) is 12.8 Å². The smallest absolute Gasteiger partial charge is 0.387 e. The predicted molar refractivity (Wildman–Crippen MR) is 95.3 cm³/mol. The molecule has 24 heavy (non-hydrogen) atoms. The van der Waals surface area contributed by atoms with Gasteiger partial charge in [-0.25, -0.2) is 4.99 Å². The molecular formula is C15H20F2IN3O3. The molecule has 1 aromatic carbocycles. The molecule has 0 amide bonds. The van der Waals surface area contributed by atoms with Gasteiger partial charge in [-0.2, -0.15) is 8.78 Å². The fourth-order valence-corrected chi connectivity index (χ4v) is 2.79. The monoisotopic (exact) mass is 455 g/mol. The minimum atomic E-state index is -2.92. The average Bonchev–Trinajstić information content (AvgIpc) is 3.15. The fourth-order valence-electron chi connectivity index (χ4n) is 2.79. The van der Waals surface area contributed by atoms with E-state index in [1.807, 2.05) is 0 Å². The zero-order valence-corrected chi connectivity index (χ0v) is 15.3. The number of ether oxygens (including phenoxy) is 3. The molecular weight excluding hydrogens is 435 g/mol. The average molecular weight is 455 g/mol. The Morgan fingerprint density at radius 2 is 1.96 bits per heavy atom. The van der Waals surface area contributed by atoms with Crippen molar-refractivity contribution in [2.24, 2.45) is 10.7 Å². The zero-order chi connectivity index (χ0) is 16.2. The lowest BCUT2D eigenvalue weighted by Crippen LogP contribution is -2.38. The van der Waals surface area contributed by atoms with Gasteiger partial charge in [-0.05, 0) is 18.9 Å². The summed E-state index contributed by atoms with van der Waals surface area (Å²) in [6.07, 6.45) is 4.50. The van der Waals surface area contributed by atoms with Gasteiger partial charge in [-0.3, -0.25) is 0 Å². The van der Waals surface area contributed by atoms with Crippen molar-refractivity contribution in [1.82, 2.24) is 5.32 Å². The van der Waals surface area contributed by atoms with E-state index in [9.17, 15) is 8.78 Å². The van der Waals surface area contributed by atoms with Crippen LogP contribution in [0.15, 0.2) is 17.1 Å². The summed E-state index contributed by atoms with van der Waals surface area (Å²) in [5, 5.41) is 3.14. The molecule has 0 bridgehead atoms. The highest BCUT2D eigenvalue weighted by molar-refractivity contribution is 14.0. The molecule has 9 heteroatoms. The number of nitrogens with two attached hydrogens (primary N) is 1. The molecule has 1 aromatic rings. The SMILES string of the molecule is I.NC(=NCc1cc2c(cc1OC(F)F)OCO2)NC1CCCC1. The Hall–Kier alpha value is -1.52. The van der Waals surface area contributed by atoms with Gasteiger partial charge in [0.25, 0.3) is 0 Å². The molecule has 0 spiro atoms. The summed E-state index contributed by atoms with van der Waals surface area (Å²) in [4.78, 5) is 4.21. The Labute approximate surface area is 155 Å². The molecule has 6 nitrogen and oxygen atoms in total. The molecule has 0 atom stereocenters. The third-order valence-electron chi connectivity index (χ3n) is 3.90. The quantitative estimate of drug-likeness (QED) is 0.406. The number of fused-ring (bicyclic) bond motifs is 1. The summed E-state index contributed by atoms with van der Waals surface area (Å²) >= 11 is 0. The van der Waals surface area contributed by atoms with Gasteiger partial charge in [0.15, 0.2) is 17.5 Å². The Kier molecular flexibility index (Phi) is 6.69. The van der Waals surface area contributed by atoms with Crippen LogP contribution in [-0.4, -0.2) is 25.4 Å². The minimum absolute atomic E-state index is 0. The van der Waals surface area contributed by atoms with Crippen molar-refractivity contribution >= 4 is 29.9 Å². The van der Waals surface area contributed by atoms with E-state index in [1.165, 1.54) is 18.9 Å². The van der Waals surface area contributed by atoms with E-state index in [-0.39, 0.29) is 43.1 Å². The number of benzene rings is 1. The lowest BCUT2D eigenvalue weighted by molar-refractivity contribution is -0.0504. The van der Waals surface area contributed by atoms with E-state index in [2.05, 4.69) is 15.0 Å². The first kappa shape index (κ1) is 18.8. The van der Waals surface area contributed by atoms with E-state index in [1.54, 1.807) is 6.07 Å². The topological polar surface area (TPSA) is 78.1 Å². The maximum atomic E-state index is 12.6. The highest BCUT2D eigenvalue weighted by Crippen LogP contribution is 2.39. The highest BCUT2D eigenvalue weighted by Gasteiger charge is 2.20. The number of halogens is 3. The molecule has 0 saturated heterocycles. The van der Waals surface area contributed by atoms with Crippen molar-refractivity contribution in [3.63, 3.8) is 0 Å². The summed E-state index contributed by atoms with van der Waals surface area (Å²) in [6, 6.07) is 3.32. The van der Waals surface area contributed by atoms with Crippen LogP contribution in [0.2, 0.25) is 0 Å². The van der Waals surface area contributed by atoms with Crippen LogP contribution in [0.5, 0.6) is 17.2 Å². The Balaban J connectivity index is 0.00000208. The molecule has 1 heterocycles. The van der Waals surface area contributed by atoms with E-state index in [0.717, 1.165) is 12.8 Å². The van der Waals surface area contributed by atoms with Gasteiger partial charge >= 0.3 is 6.61 Å². The minimum Gasteiger partial charge on any atom is -0.454 e. The van der Waals surface area contributed by atoms with Gasteiger partial charge in [0.1, 0.15) is 5.75 Å². The maximum absolute atomic E-state index is 12.6. The van der Waals surface area contributed by atoms with Gasteiger partial charge in [-0.15, -0.1) is 24.0 Å². The van der Waals surface area contributed by atoms with Crippen molar-refractivity contribution in [2.45, 2.75) is 44.9 Å². The van der Waals surface area contributed by atoms with Crippen molar-refractivity contribution in [2.75, 3.05) is 6.79 Å². The molecule has 1 fully saturated rings. The number of aliphatic imine (C=N–C) groups is 1. The van der Waals surface area contributed by atoms with Crippen LogP contribution in [0.3, 0.4) is 0 Å². The summed E-state index contributed by atoms with van der Waals surface area (Å²) in [7, 11) is 0. The van der Waals surface area contributed by atoms with E-state index < -0.39 is 6.61 Å². The summed E-state index contributed by atoms with van der Waals surface area (Å²) < 4.78 is 40.1. The van der Waals surface area contributed by atoms with Gasteiger partial charge < -0.3 is 25.3 Å². The molecule has 3 N–H and O–H groups in total. The molecule has 0 unspecified atom stereocenters. The number of hydrogen-bond donors (Lipinski definition) is 2. The number of nitrogens with zero attached hydrogens (tertiary/aromatic N) is 1. The molecule has 3 rings (SSSR count). The van der Waals surface area contributed by atoms with Crippen LogP contribution in [0, 0.1) is 0 Å². The van der Waals surface area contributed by atoms with Gasteiger partial charge in [0.2, 0.25) is 6.79 Å². The van der Waals surface area contributed by atoms with E-state index in [4.69, 9.17) is 15.2 Å².